The molecule has 1 fully saturated rings. The topological polar surface area (TPSA) is 87.1 Å². The highest BCUT2D eigenvalue weighted by atomic mass is 79.9. The minimum Gasteiger partial charge on any atom is -0.465 e. The molecule has 27 heavy (non-hydrogen) atoms. The normalized spacial score (nSPS) is 21.9. The minimum absolute atomic E-state index is 0.0655. The lowest BCUT2D eigenvalue weighted by atomic mass is 9.95. The van der Waals surface area contributed by atoms with Crippen molar-refractivity contribution in [3.8, 4) is 0 Å². The molecule has 1 amide bonds. The van der Waals surface area contributed by atoms with Crippen LogP contribution >= 0.6 is 15.9 Å². The van der Waals surface area contributed by atoms with Crippen molar-refractivity contribution in [2.24, 2.45) is 5.92 Å². The van der Waals surface area contributed by atoms with Crippen molar-refractivity contribution in [2.75, 3.05) is 0 Å². The van der Waals surface area contributed by atoms with Gasteiger partial charge in [-0.25, -0.2) is 9.59 Å². The molecule has 7 heteroatoms. The van der Waals surface area contributed by atoms with Crippen molar-refractivity contribution in [1.82, 2.24) is 4.90 Å². The van der Waals surface area contributed by atoms with Crippen molar-refractivity contribution in [3.63, 3.8) is 0 Å². The molecule has 1 saturated heterocycles. The van der Waals surface area contributed by atoms with Crippen LogP contribution in [0, 0.1) is 5.92 Å². The van der Waals surface area contributed by atoms with E-state index in [9.17, 15) is 19.8 Å². The van der Waals surface area contributed by atoms with Gasteiger partial charge in [0.1, 0.15) is 18.9 Å². The fourth-order valence-corrected chi connectivity index (χ4v) is 3.82. The summed E-state index contributed by atoms with van der Waals surface area (Å²) in [5, 5.41) is 19.9. The Morgan fingerprint density at radius 1 is 1.11 bits per heavy atom. The number of hydrogen-bond acceptors (Lipinski definition) is 4. The third-order valence-electron chi connectivity index (χ3n) is 4.67. The van der Waals surface area contributed by atoms with Crippen LogP contribution in [0.3, 0.4) is 0 Å². The monoisotopic (exact) mass is 433 g/mol. The molecular weight excluding hydrogens is 414 g/mol. The molecule has 1 aliphatic heterocycles. The summed E-state index contributed by atoms with van der Waals surface area (Å²) in [6.45, 7) is 0.0655. The predicted molar refractivity (Wildman–Crippen MR) is 102 cm³/mol. The van der Waals surface area contributed by atoms with E-state index >= 15 is 0 Å². The maximum absolute atomic E-state index is 12.5. The third kappa shape index (κ3) is 4.67. The molecule has 0 bridgehead atoms. The van der Waals surface area contributed by atoms with E-state index < -0.39 is 24.3 Å². The predicted octanol–water partition coefficient (Wildman–Crippen LogP) is 3.42. The van der Waals surface area contributed by atoms with Crippen LogP contribution in [-0.2, 0) is 22.6 Å². The van der Waals surface area contributed by atoms with Crippen LogP contribution in [0.2, 0.25) is 0 Å². The number of ether oxygens (including phenoxy) is 1. The highest BCUT2D eigenvalue weighted by molar-refractivity contribution is 9.10. The van der Waals surface area contributed by atoms with Gasteiger partial charge in [0.15, 0.2) is 0 Å². The molecule has 0 aromatic heterocycles. The summed E-state index contributed by atoms with van der Waals surface area (Å²) >= 11 is 3.40. The second kappa shape index (κ2) is 8.54. The van der Waals surface area contributed by atoms with Crippen LogP contribution < -0.4 is 0 Å². The fraction of sp³-hybridized carbons (Fsp3) is 0.300. The first kappa shape index (κ1) is 19.4. The highest BCUT2D eigenvalue weighted by Crippen LogP contribution is 2.32. The van der Waals surface area contributed by atoms with Crippen LogP contribution in [0.25, 0.3) is 0 Å². The van der Waals surface area contributed by atoms with Crippen molar-refractivity contribution in [1.29, 1.82) is 0 Å². The van der Waals surface area contributed by atoms with E-state index in [0.29, 0.717) is 6.42 Å². The Balaban J connectivity index is 1.69. The second-order valence-corrected chi connectivity index (χ2v) is 7.46. The number of nitrogens with zero attached hydrogens (tertiary/aromatic N) is 1. The van der Waals surface area contributed by atoms with Crippen LogP contribution in [0.15, 0.2) is 59.1 Å². The number of halogens is 1. The number of benzene rings is 2. The summed E-state index contributed by atoms with van der Waals surface area (Å²) in [7, 11) is 0. The molecule has 2 aromatic rings. The Morgan fingerprint density at radius 2 is 1.81 bits per heavy atom. The van der Waals surface area contributed by atoms with E-state index in [-0.39, 0.29) is 18.9 Å². The van der Waals surface area contributed by atoms with Gasteiger partial charge in [-0.2, -0.15) is 0 Å². The van der Waals surface area contributed by atoms with Crippen molar-refractivity contribution in [3.05, 3.63) is 70.2 Å². The molecule has 142 valence electrons. The number of carbonyl (C=O) groups excluding carboxylic acids is 1. The van der Waals surface area contributed by atoms with Gasteiger partial charge in [-0.3, -0.25) is 4.90 Å². The number of likely N-dealkylation sites (tertiary alicyclic amines) is 1. The van der Waals surface area contributed by atoms with Crippen molar-refractivity contribution < 1.29 is 24.5 Å². The number of amides is 1. The Labute approximate surface area is 165 Å². The lowest BCUT2D eigenvalue weighted by Gasteiger charge is -2.24. The summed E-state index contributed by atoms with van der Waals surface area (Å²) < 4.78 is 6.20. The number of rotatable bonds is 5. The first-order valence-electron chi connectivity index (χ1n) is 8.60. The van der Waals surface area contributed by atoms with Crippen LogP contribution in [0.1, 0.15) is 17.5 Å². The maximum atomic E-state index is 12.5. The molecule has 0 saturated carbocycles. The Morgan fingerprint density at radius 3 is 2.48 bits per heavy atom. The smallest absolute Gasteiger partial charge is 0.410 e. The van der Waals surface area contributed by atoms with E-state index in [0.717, 1.165) is 20.5 Å². The molecule has 1 unspecified atom stereocenters. The number of esters is 1. The van der Waals surface area contributed by atoms with Gasteiger partial charge in [0, 0.05) is 10.4 Å². The average Bonchev–Trinajstić information content (AvgIpc) is 2.97. The number of aliphatic hydroxyl groups is 1. The fourth-order valence-electron chi connectivity index (χ4n) is 3.37. The summed E-state index contributed by atoms with van der Waals surface area (Å²) in [4.78, 5) is 24.9. The number of carboxylic acid groups (broad SMARTS) is 1. The standard InChI is InChI=1S/C20H20BrNO5/c21-16-8-4-7-14(10-16)9-15-11-17(22(18(15)23)20(25)26)19(24)27-12-13-5-2-1-3-6-13/h1-8,10,15,17-18,23H,9,11-12H2,(H,25,26)/t15-,17+,18?/m0/s1. The van der Waals surface area contributed by atoms with Gasteiger partial charge >= 0.3 is 12.1 Å². The molecule has 2 aromatic carbocycles. The molecule has 2 N–H and O–H groups in total. The summed E-state index contributed by atoms with van der Waals surface area (Å²) in [6.07, 6.45) is -1.91. The zero-order valence-electron chi connectivity index (χ0n) is 14.5. The van der Waals surface area contributed by atoms with Gasteiger partial charge in [0.25, 0.3) is 0 Å². The number of aliphatic hydroxyl groups excluding tert-OH is 1. The molecule has 0 spiro atoms. The van der Waals surface area contributed by atoms with Gasteiger partial charge in [0.05, 0.1) is 0 Å². The first-order valence-corrected chi connectivity index (χ1v) is 9.39. The maximum Gasteiger partial charge on any atom is 0.410 e. The third-order valence-corrected chi connectivity index (χ3v) is 5.17. The quantitative estimate of drug-likeness (QED) is 0.705. The highest BCUT2D eigenvalue weighted by Gasteiger charge is 2.47. The molecule has 0 aliphatic carbocycles. The Hall–Kier alpha value is -2.38. The molecule has 3 atom stereocenters. The van der Waals surface area contributed by atoms with Gasteiger partial charge in [-0.1, -0.05) is 58.4 Å². The average molecular weight is 434 g/mol. The lowest BCUT2D eigenvalue weighted by molar-refractivity contribution is -0.151. The summed E-state index contributed by atoms with van der Waals surface area (Å²) in [5.74, 6) is -1.03. The van der Waals surface area contributed by atoms with E-state index in [1.807, 2.05) is 54.6 Å². The SMILES string of the molecule is O=C(OCc1ccccc1)[C@H]1C[C@H](Cc2cccc(Br)c2)C(O)N1C(=O)O. The van der Waals surface area contributed by atoms with E-state index in [1.165, 1.54) is 0 Å². The minimum atomic E-state index is -1.33. The molecule has 1 heterocycles. The summed E-state index contributed by atoms with van der Waals surface area (Å²) in [6, 6.07) is 15.7. The number of carbonyl (C=O) groups is 2. The second-order valence-electron chi connectivity index (χ2n) is 6.54. The molecule has 0 radical (unpaired) electrons. The molecule has 3 rings (SSSR count). The zero-order chi connectivity index (χ0) is 19.4. The van der Waals surface area contributed by atoms with Gasteiger partial charge in [-0.15, -0.1) is 0 Å². The molecule has 6 nitrogen and oxygen atoms in total. The molecular formula is C20H20BrNO5. The van der Waals surface area contributed by atoms with E-state index in [1.54, 1.807) is 0 Å². The lowest BCUT2D eigenvalue weighted by Crippen LogP contribution is -2.45. The van der Waals surface area contributed by atoms with Gasteiger partial charge < -0.3 is 14.9 Å². The zero-order valence-corrected chi connectivity index (χ0v) is 16.1. The van der Waals surface area contributed by atoms with Gasteiger partial charge in [-0.05, 0) is 36.1 Å². The van der Waals surface area contributed by atoms with E-state index in [2.05, 4.69) is 15.9 Å². The van der Waals surface area contributed by atoms with Crippen molar-refractivity contribution in [2.45, 2.75) is 31.7 Å². The molecule has 1 aliphatic rings. The first-order chi connectivity index (χ1) is 13.0. The Kier molecular flexibility index (Phi) is 6.13. The number of hydrogen-bond donors (Lipinski definition) is 2. The van der Waals surface area contributed by atoms with Crippen LogP contribution in [-0.4, -0.2) is 39.4 Å². The van der Waals surface area contributed by atoms with Crippen LogP contribution in [0.5, 0.6) is 0 Å². The van der Waals surface area contributed by atoms with E-state index in [4.69, 9.17) is 4.74 Å². The Bertz CT molecular complexity index is 813. The van der Waals surface area contributed by atoms with Crippen LogP contribution in [0.4, 0.5) is 4.79 Å². The summed E-state index contributed by atoms with van der Waals surface area (Å²) in [5.41, 5.74) is 1.77. The van der Waals surface area contributed by atoms with Crippen molar-refractivity contribution >= 4 is 28.0 Å². The van der Waals surface area contributed by atoms with Gasteiger partial charge in [0.2, 0.25) is 0 Å². The largest absolute Gasteiger partial charge is 0.465 e.